The number of carbonyl (C=O) groups is 2. The summed E-state index contributed by atoms with van der Waals surface area (Å²) in [6.07, 6.45) is 2.37. The van der Waals surface area contributed by atoms with Crippen molar-refractivity contribution in [2.45, 2.75) is 36.7 Å². The van der Waals surface area contributed by atoms with E-state index >= 15 is 0 Å². The average molecular weight is 314 g/mol. The summed E-state index contributed by atoms with van der Waals surface area (Å²) in [5.41, 5.74) is 0. The highest BCUT2D eigenvalue weighted by molar-refractivity contribution is 7.81. The van der Waals surface area contributed by atoms with E-state index in [9.17, 15) is 14.7 Å². The number of nitrogens with zero attached hydrogens (tertiary/aromatic N) is 2. The van der Waals surface area contributed by atoms with Gasteiger partial charge in [-0.25, -0.2) is 4.79 Å². The lowest BCUT2D eigenvalue weighted by atomic mass is 10.1. The molecule has 118 valence electrons. The van der Waals surface area contributed by atoms with Crippen LogP contribution in [0.4, 0.5) is 4.79 Å². The van der Waals surface area contributed by atoms with E-state index in [0.717, 1.165) is 0 Å². The number of hydrogen-bond acceptors (Lipinski definition) is 5. The summed E-state index contributed by atoms with van der Waals surface area (Å²) in [5, 5.41) is 9.49. The molecule has 6 nitrogen and oxygen atoms in total. The molecule has 7 heteroatoms. The van der Waals surface area contributed by atoms with Gasteiger partial charge in [0.2, 0.25) is 5.91 Å². The van der Waals surface area contributed by atoms with Crippen molar-refractivity contribution in [1.82, 2.24) is 9.80 Å². The van der Waals surface area contributed by atoms with Crippen LogP contribution in [0, 0.1) is 0 Å². The van der Waals surface area contributed by atoms with Crippen LogP contribution in [-0.4, -0.2) is 70.5 Å². The van der Waals surface area contributed by atoms with Gasteiger partial charge in [-0.05, 0) is 19.3 Å². The van der Waals surface area contributed by atoms with Gasteiger partial charge in [-0.15, -0.1) is 0 Å². The Morgan fingerprint density at radius 3 is 2.67 bits per heavy atom. The van der Waals surface area contributed by atoms with E-state index in [1.165, 1.54) is 11.0 Å². The SMILES string of the molecule is C=CCOC(=O)N1C[C@@H](S)C[C@H]1C(=O)N1CCC(O)CC1. The first kappa shape index (κ1) is 16.2. The minimum Gasteiger partial charge on any atom is -0.445 e. The molecular weight excluding hydrogens is 292 g/mol. The number of carbonyl (C=O) groups excluding carboxylic acids is 2. The number of aliphatic hydroxyl groups is 1. The van der Waals surface area contributed by atoms with Crippen LogP contribution in [0.1, 0.15) is 19.3 Å². The zero-order chi connectivity index (χ0) is 15.4. The average Bonchev–Trinajstić information content (AvgIpc) is 2.87. The zero-order valence-electron chi connectivity index (χ0n) is 12.0. The van der Waals surface area contributed by atoms with Gasteiger partial charge in [0, 0.05) is 24.9 Å². The number of hydrogen-bond donors (Lipinski definition) is 2. The maximum atomic E-state index is 12.6. The fourth-order valence-corrected chi connectivity index (χ4v) is 3.14. The number of piperidine rings is 1. The molecule has 2 fully saturated rings. The largest absolute Gasteiger partial charge is 0.445 e. The molecule has 0 spiro atoms. The van der Waals surface area contributed by atoms with E-state index in [1.807, 2.05) is 0 Å². The lowest BCUT2D eigenvalue weighted by Crippen LogP contribution is -2.50. The van der Waals surface area contributed by atoms with Crippen LogP contribution in [0.25, 0.3) is 0 Å². The number of thiol groups is 1. The molecule has 0 saturated carbocycles. The normalized spacial score (nSPS) is 26.8. The molecule has 2 heterocycles. The van der Waals surface area contributed by atoms with Crippen LogP contribution in [0.15, 0.2) is 12.7 Å². The van der Waals surface area contributed by atoms with Gasteiger partial charge in [-0.2, -0.15) is 12.6 Å². The van der Waals surface area contributed by atoms with Gasteiger partial charge in [0.1, 0.15) is 12.6 Å². The minimum atomic E-state index is -0.514. The smallest absolute Gasteiger partial charge is 0.410 e. The van der Waals surface area contributed by atoms with Gasteiger partial charge < -0.3 is 14.7 Å². The quantitative estimate of drug-likeness (QED) is 0.593. The first-order valence-corrected chi connectivity index (χ1v) is 7.73. The fourth-order valence-electron chi connectivity index (χ4n) is 2.76. The first-order valence-electron chi connectivity index (χ1n) is 7.22. The summed E-state index contributed by atoms with van der Waals surface area (Å²) in [6, 6.07) is -0.514. The van der Waals surface area contributed by atoms with Crippen molar-refractivity contribution in [3.63, 3.8) is 0 Å². The van der Waals surface area contributed by atoms with Crippen molar-refractivity contribution in [1.29, 1.82) is 0 Å². The summed E-state index contributed by atoms with van der Waals surface area (Å²) in [4.78, 5) is 27.8. The Kier molecular flexibility index (Phi) is 5.52. The van der Waals surface area contributed by atoms with Crippen LogP contribution >= 0.6 is 12.6 Å². The molecule has 0 bridgehead atoms. The number of likely N-dealkylation sites (tertiary alicyclic amines) is 2. The summed E-state index contributed by atoms with van der Waals surface area (Å²) >= 11 is 4.39. The third kappa shape index (κ3) is 3.91. The molecular formula is C14H22N2O4S. The van der Waals surface area contributed by atoms with Crippen LogP contribution in [0.5, 0.6) is 0 Å². The third-order valence-corrected chi connectivity index (χ3v) is 4.27. The maximum absolute atomic E-state index is 12.6. The summed E-state index contributed by atoms with van der Waals surface area (Å²) < 4.78 is 5.03. The van der Waals surface area contributed by atoms with E-state index < -0.39 is 12.1 Å². The molecule has 2 atom stereocenters. The number of ether oxygens (including phenoxy) is 1. The fraction of sp³-hybridized carbons (Fsp3) is 0.714. The molecule has 0 aromatic carbocycles. The second-order valence-electron chi connectivity index (χ2n) is 5.48. The van der Waals surface area contributed by atoms with Gasteiger partial charge in [0.15, 0.2) is 0 Å². The molecule has 0 unspecified atom stereocenters. The van der Waals surface area contributed by atoms with Crippen LogP contribution in [-0.2, 0) is 9.53 Å². The molecule has 2 saturated heterocycles. The molecule has 21 heavy (non-hydrogen) atoms. The van der Waals surface area contributed by atoms with Crippen molar-refractivity contribution in [2.24, 2.45) is 0 Å². The third-order valence-electron chi connectivity index (χ3n) is 3.90. The molecule has 0 aliphatic carbocycles. The highest BCUT2D eigenvalue weighted by atomic mass is 32.1. The summed E-state index contributed by atoms with van der Waals surface area (Å²) in [5.74, 6) is -0.0750. The molecule has 0 aromatic rings. The van der Waals surface area contributed by atoms with E-state index in [-0.39, 0.29) is 23.9 Å². The van der Waals surface area contributed by atoms with Crippen molar-refractivity contribution < 1.29 is 19.4 Å². The van der Waals surface area contributed by atoms with E-state index in [4.69, 9.17) is 4.74 Å². The van der Waals surface area contributed by atoms with Gasteiger partial charge in [0.05, 0.1) is 6.10 Å². The van der Waals surface area contributed by atoms with Gasteiger partial charge >= 0.3 is 6.09 Å². The molecule has 0 radical (unpaired) electrons. The Bertz CT molecular complexity index is 410. The lowest BCUT2D eigenvalue weighted by Gasteiger charge is -2.33. The predicted octanol–water partition coefficient (Wildman–Crippen LogP) is 0.665. The van der Waals surface area contributed by atoms with Crippen molar-refractivity contribution in [3.8, 4) is 0 Å². The van der Waals surface area contributed by atoms with Crippen LogP contribution < -0.4 is 0 Å². The molecule has 2 rings (SSSR count). The highest BCUT2D eigenvalue weighted by Crippen LogP contribution is 2.25. The number of amides is 2. The Labute approximate surface area is 130 Å². The second-order valence-corrected chi connectivity index (χ2v) is 6.21. The topological polar surface area (TPSA) is 70.1 Å². The van der Waals surface area contributed by atoms with E-state index in [1.54, 1.807) is 4.90 Å². The summed E-state index contributed by atoms with van der Waals surface area (Å²) in [7, 11) is 0. The molecule has 0 aromatic heterocycles. The standard InChI is InChI=1S/C14H22N2O4S/c1-2-7-20-14(19)16-9-11(21)8-12(16)13(18)15-5-3-10(17)4-6-15/h2,10-12,17,21H,1,3-9H2/t11-,12-/m0/s1. The van der Waals surface area contributed by atoms with Crippen LogP contribution in [0.2, 0.25) is 0 Å². The molecule has 2 amide bonds. The van der Waals surface area contributed by atoms with Gasteiger partial charge in [0.25, 0.3) is 0 Å². The zero-order valence-corrected chi connectivity index (χ0v) is 12.9. The van der Waals surface area contributed by atoms with E-state index in [0.29, 0.717) is 38.9 Å². The predicted molar refractivity (Wildman–Crippen MR) is 81.3 cm³/mol. The molecule has 1 N–H and O–H groups in total. The Morgan fingerprint density at radius 2 is 2.05 bits per heavy atom. The van der Waals surface area contributed by atoms with Crippen molar-refractivity contribution >= 4 is 24.6 Å². The number of aliphatic hydroxyl groups excluding tert-OH is 1. The van der Waals surface area contributed by atoms with Crippen molar-refractivity contribution in [3.05, 3.63) is 12.7 Å². The molecule has 2 aliphatic heterocycles. The second kappa shape index (κ2) is 7.17. The Balaban J connectivity index is 2.00. The van der Waals surface area contributed by atoms with E-state index in [2.05, 4.69) is 19.2 Å². The highest BCUT2D eigenvalue weighted by Gasteiger charge is 2.41. The maximum Gasteiger partial charge on any atom is 0.410 e. The Morgan fingerprint density at radius 1 is 1.38 bits per heavy atom. The van der Waals surface area contributed by atoms with Crippen LogP contribution in [0.3, 0.4) is 0 Å². The molecule has 2 aliphatic rings. The van der Waals surface area contributed by atoms with Gasteiger partial charge in [-0.1, -0.05) is 12.7 Å². The Hall–Kier alpha value is -1.21. The minimum absolute atomic E-state index is 0.0226. The van der Waals surface area contributed by atoms with Gasteiger partial charge in [-0.3, -0.25) is 9.69 Å². The van der Waals surface area contributed by atoms with Crippen molar-refractivity contribution in [2.75, 3.05) is 26.2 Å². The lowest BCUT2D eigenvalue weighted by molar-refractivity contribution is -0.137. The number of rotatable bonds is 3. The monoisotopic (exact) mass is 314 g/mol. The first-order chi connectivity index (χ1) is 10.0. The summed E-state index contributed by atoms with van der Waals surface area (Å²) in [6.45, 7) is 5.10.